The molecule has 1 aliphatic heterocycles. The quantitative estimate of drug-likeness (QED) is 0.838. The minimum atomic E-state index is -0.301. The van der Waals surface area contributed by atoms with Crippen molar-refractivity contribution in [3.05, 3.63) is 65.2 Å². The molecule has 2 aromatic rings. The number of nitrogens with zero attached hydrogens (tertiary/aromatic N) is 3. The number of aryl methyl sites for hydroxylation is 1. The minimum Gasteiger partial charge on any atom is -0.338 e. The second-order valence-corrected chi connectivity index (χ2v) is 6.92. The van der Waals surface area contributed by atoms with Gasteiger partial charge in [-0.15, -0.1) is 0 Å². The van der Waals surface area contributed by atoms with E-state index in [1.54, 1.807) is 19.2 Å². The fraction of sp³-hybridized carbons (Fsp3) is 0.400. The van der Waals surface area contributed by atoms with Crippen LogP contribution in [-0.4, -0.2) is 47.4 Å². The number of carbonyl (C=O) groups excluding carboxylic acids is 1. The summed E-state index contributed by atoms with van der Waals surface area (Å²) in [7, 11) is 2.10. The number of likely N-dealkylation sites (tertiary alicyclic amines) is 1. The molecular weight excluding hydrogens is 317 g/mol. The van der Waals surface area contributed by atoms with E-state index in [1.807, 2.05) is 17.2 Å². The Balaban J connectivity index is 1.55. The molecule has 0 bridgehead atoms. The molecule has 0 radical (unpaired) electrons. The van der Waals surface area contributed by atoms with E-state index in [9.17, 15) is 9.18 Å². The smallest absolute Gasteiger partial charge is 0.254 e. The SMILES string of the molecule is Cc1cc(F)ccc1C(=O)N1CCC(CN(C)Cc2cccnc2)C1. The molecule has 1 fully saturated rings. The van der Waals surface area contributed by atoms with Crippen LogP contribution in [0.5, 0.6) is 0 Å². The molecule has 1 aromatic carbocycles. The molecule has 3 rings (SSSR count). The highest BCUT2D eigenvalue weighted by Crippen LogP contribution is 2.21. The molecular formula is C20H24FN3O. The largest absolute Gasteiger partial charge is 0.338 e. The van der Waals surface area contributed by atoms with Crippen LogP contribution in [0.1, 0.15) is 27.9 Å². The molecule has 1 amide bonds. The zero-order valence-corrected chi connectivity index (χ0v) is 14.8. The third kappa shape index (κ3) is 4.42. The van der Waals surface area contributed by atoms with Gasteiger partial charge in [-0.05, 0) is 61.7 Å². The predicted molar refractivity (Wildman–Crippen MR) is 95.7 cm³/mol. The van der Waals surface area contributed by atoms with Gasteiger partial charge in [-0.1, -0.05) is 6.07 Å². The number of benzene rings is 1. The van der Waals surface area contributed by atoms with Gasteiger partial charge in [0, 0.05) is 44.1 Å². The lowest BCUT2D eigenvalue weighted by molar-refractivity contribution is 0.0783. The lowest BCUT2D eigenvalue weighted by Crippen LogP contribution is -2.32. The van der Waals surface area contributed by atoms with E-state index in [-0.39, 0.29) is 11.7 Å². The van der Waals surface area contributed by atoms with Crippen molar-refractivity contribution in [3.63, 3.8) is 0 Å². The normalized spacial score (nSPS) is 17.3. The van der Waals surface area contributed by atoms with Gasteiger partial charge in [0.05, 0.1) is 0 Å². The van der Waals surface area contributed by atoms with Crippen LogP contribution in [0, 0.1) is 18.7 Å². The van der Waals surface area contributed by atoms with Crippen LogP contribution in [0.25, 0.3) is 0 Å². The maximum Gasteiger partial charge on any atom is 0.254 e. The van der Waals surface area contributed by atoms with Crippen LogP contribution >= 0.6 is 0 Å². The predicted octanol–water partition coefficient (Wildman–Crippen LogP) is 3.12. The molecule has 2 heterocycles. The van der Waals surface area contributed by atoms with E-state index >= 15 is 0 Å². The zero-order chi connectivity index (χ0) is 17.8. The average Bonchev–Trinajstić information content (AvgIpc) is 3.03. The van der Waals surface area contributed by atoms with Crippen LogP contribution in [-0.2, 0) is 6.54 Å². The lowest BCUT2D eigenvalue weighted by Gasteiger charge is -2.22. The van der Waals surface area contributed by atoms with Crippen molar-refractivity contribution >= 4 is 5.91 Å². The van der Waals surface area contributed by atoms with E-state index in [1.165, 1.54) is 17.7 Å². The second kappa shape index (κ2) is 7.74. The molecule has 0 N–H and O–H groups in total. The van der Waals surface area contributed by atoms with Crippen molar-refractivity contribution in [1.29, 1.82) is 0 Å². The Morgan fingerprint density at radius 2 is 2.24 bits per heavy atom. The third-order valence-electron chi connectivity index (χ3n) is 4.74. The number of hydrogen-bond acceptors (Lipinski definition) is 3. The Bertz CT molecular complexity index is 735. The van der Waals surface area contributed by atoms with Crippen LogP contribution in [0.3, 0.4) is 0 Å². The summed E-state index contributed by atoms with van der Waals surface area (Å²) < 4.78 is 13.2. The summed E-state index contributed by atoms with van der Waals surface area (Å²) >= 11 is 0. The summed E-state index contributed by atoms with van der Waals surface area (Å²) in [5, 5.41) is 0. The van der Waals surface area contributed by atoms with Gasteiger partial charge in [-0.2, -0.15) is 0 Å². The van der Waals surface area contributed by atoms with Crippen molar-refractivity contribution in [2.45, 2.75) is 19.9 Å². The number of hydrogen-bond donors (Lipinski definition) is 0. The van der Waals surface area contributed by atoms with Gasteiger partial charge >= 0.3 is 0 Å². The summed E-state index contributed by atoms with van der Waals surface area (Å²) in [5.41, 5.74) is 2.49. The molecule has 25 heavy (non-hydrogen) atoms. The molecule has 132 valence electrons. The molecule has 5 heteroatoms. The number of amides is 1. The molecule has 1 aliphatic rings. The molecule has 1 aromatic heterocycles. The molecule has 1 unspecified atom stereocenters. The summed E-state index contributed by atoms with van der Waals surface area (Å²) in [5.74, 6) is 0.173. The monoisotopic (exact) mass is 341 g/mol. The Labute approximate surface area is 148 Å². The molecule has 0 saturated carbocycles. The first-order valence-corrected chi connectivity index (χ1v) is 8.66. The number of pyridine rings is 1. The van der Waals surface area contributed by atoms with Gasteiger partial charge in [0.25, 0.3) is 5.91 Å². The maximum absolute atomic E-state index is 13.2. The van der Waals surface area contributed by atoms with Gasteiger partial charge in [-0.3, -0.25) is 9.78 Å². The van der Waals surface area contributed by atoms with Crippen LogP contribution in [0.15, 0.2) is 42.7 Å². The van der Waals surface area contributed by atoms with Gasteiger partial charge < -0.3 is 9.80 Å². The summed E-state index contributed by atoms with van der Waals surface area (Å²) in [4.78, 5) is 21.0. The number of rotatable bonds is 5. The Morgan fingerprint density at radius 1 is 1.40 bits per heavy atom. The fourth-order valence-corrected chi connectivity index (χ4v) is 3.51. The van der Waals surface area contributed by atoms with Crippen molar-refractivity contribution in [1.82, 2.24) is 14.8 Å². The summed E-state index contributed by atoms with van der Waals surface area (Å²) in [6.07, 6.45) is 4.67. The number of aromatic nitrogens is 1. The van der Waals surface area contributed by atoms with E-state index in [4.69, 9.17) is 0 Å². The molecule has 1 atom stereocenters. The lowest BCUT2D eigenvalue weighted by atomic mass is 10.1. The van der Waals surface area contributed by atoms with E-state index in [0.29, 0.717) is 17.0 Å². The fourth-order valence-electron chi connectivity index (χ4n) is 3.51. The number of carbonyl (C=O) groups is 1. The van der Waals surface area contributed by atoms with Crippen molar-refractivity contribution in [2.24, 2.45) is 5.92 Å². The minimum absolute atomic E-state index is 0.00918. The van der Waals surface area contributed by atoms with E-state index in [2.05, 4.69) is 23.0 Å². The van der Waals surface area contributed by atoms with Crippen molar-refractivity contribution < 1.29 is 9.18 Å². The summed E-state index contributed by atoms with van der Waals surface area (Å²) in [6.45, 7) is 5.11. The van der Waals surface area contributed by atoms with Gasteiger partial charge in [0.15, 0.2) is 0 Å². The van der Waals surface area contributed by atoms with Crippen molar-refractivity contribution in [3.8, 4) is 0 Å². The molecule has 1 saturated heterocycles. The highest BCUT2D eigenvalue weighted by atomic mass is 19.1. The average molecular weight is 341 g/mol. The topological polar surface area (TPSA) is 36.4 Å². The van der Waals surface area contributed by atoms with Crippen molar-refractivity contribution in [2.75, 3.05) is 26.7 Å². The van der Waals surface area contributed by atoms with E-state index in [0.717, 1.165) is 32.6 Å². The van der Waals surface area contributed by atoms with Gasteiger partial charge in [0.1, 0.15) is 5.82 Å². The molecule has 4 nitrogen and oxygen atoms in total. The first-order chi connectivity index (χ1) is 12.0. The maximum atomic E-state index is 13.2. The van der Waals surface area contributed by atoms with Gasteiger partial charge in [0.2, 0.25) is 0 Å². The first kappa shape index (κ1) is 17.5. The summed E-state index contributed by atoms with van der Waals surface area (Å²) in [6, 6.07) is 8.39. The van der Waals surface area contributed by atoms with Crippen LogP contribution in [0.2, 0.25) is 0 Å². The molecule has 0 aliphatic carbocycles. The van der Waals surface area contributed by atoms with Gasteiger partial charge in [-0.25, -0.2) is 4.39 Å². The van der Waals surface area contributed by atoms with Crippen LogP contribution in [0.4, 0.5) is 4.39 Å². The highest BCUT2D eigenvalue weighted by Gasteiger charge is 2.28. The first-order valence-electron chi connectivity index (χ1n) is 8.66. The highest BCUT2D eigenvalue weighted by molar-refractivity contribution is 5.95. The Hall–Kier alpha value is -2.27. The second-order valence-electron chi connectivity index (χ2n) is 6.92. The Kier molecular flexibility index (Phi) is 5.43. The Morgan fingerprint density at radius 3 is 2.96 bits per heavy atom. The third-order valence-corrected chi connectivity index (χ3v) is 4.74. The zero-order valence-electron chi connectivity index (χ0n) is 14.8. The number of halogens is 1. The van der Waals surface area contributed by atoms with Crippen LogP contribution < -0.4 is 0 Å². The molecule has 0 spiro atoms. The standard InChI is InChI=1S/C20H24FN3O/c1-15-10-18(21)5-6-19(15)20(25)24-9-7-17(14-24)13-23(2)12-16-4-3-8-22-11-16/h3-6,8,10-11,17H,7,9,12-14H2,1-2H3. The van der Waals surface area contributed by atoms with E-state index < -0.39 is 0 Å².